The topological polar surface area (TPSA) is 126 Å². The van der Waals surface area contributed by atoms with E-state index in [1.165, 1.54) is 30.8 Å². The fourth-order valence-corrected chi connectivity index (χ4v) is 3.57. The van der Waals surface area contributed by atoms with Gasteiger partial charge in [0.05, 0.1) is 29.3 Å². The van der Waals surface area contributed by atoms with Gasteiger partial charge in [0, 0.05) is 25.2 Å². The molecule has 0 saturated heterocycles. The number of hydrogen-bond donors (Lipinski definition) is 1. The first-order valence-corrected chi connectivity index (χ1v) is 10.1. The van der Waals surface area contributed by atoms with Gasteiger partial charge in [-0.2, -0.15) is 0 Å². The molecule has 0 bridgehead atoms. The highest BCUT2D eigenvalue weighted by Gasteiger charge is 2.22. The Bertz CT molecular complexity index is 1480. The second-order valence-corrected chi connectivity index (χ2v) is 7.41. The number of rotatable bonds is 6. The van der Waals surface area contributed by atoms with Gasteiger partial charge in [-0.25, -0.2) is 24.3 Å². The van der Waals surface area contributed by atoms with E-state index in [9.17, 15) is 9.18 Å². The summed E-state index contributed by atoms with van der Waals surface area (Å²) in [5.41, 5.74) is 9.40. The lowest BCUT2D eigenvalue weighted by atomic mass is 10.1. The van der Waals surface area contributed by atoms with E-state index in [1.54, 1.807) is 6.33 Å². The number of benzene rings is 1. The van der Waals surface area contributed by atoms with Crippen LogP contribution in [0.25, 0.3) is 33.9 Å². The van der Waals surface area contributed by atoms with Crippen LogP contribution in [0.4, 0.5) is 10.2 Å². The van der Waals surface area contributed by atoms with Crippen LogP contribution < -0.4 is 5.73 Å². The van der Waals surface area contributed by atoms with Gasteiger partial charge < -0.3 is 14.7 Å². The van der Waals surface area contributed by atoms with Crippen LogP contribution in [-0.4, -0.2) is 35.3 Å². The molecular formula is C23H18FN7O2. The number of nitrogens with zero attached hydrogens (tertiary/aromatic N) is 6. The SMILES string of the molecule is Cn1cnc2ccc(-c3nc(C(=O)CCc4ncccc4F)c(N)nc3-c3ncco3)cc21. The molecular weight excluding hydrogens is 425 g/mol. The molecule has 0 aliphatic carbocycles. The van der Waals surface area contributed by atoms with Gasteiger partial charge in [0.1, 0.15) is 23.5 Å². The summed E-state index contributed by atoms with van der Waals surface area (Å²) in [6.07, 6.45) is 6.19. The van der Waals surface area contributed by atoms with Crippen LogP contribution in [0, 0.1) is 5.82 Å². The van der Waals surface area contributed by atoms with E-state index >= 15 is 0 Å². The number of nitrogens with two attached hydrogens (primary N) is 1. The molecule has 9 nitrogen and oxygen atoms in total. The zero-order valence-electron chi connectivity index (χ0n) is 17.6. The van der Waals surface area contributed by atoms with Gasteiger partial charge in [-0.3, -0.25) is 9.78 Å². The van der Waals surface area contributed by atoms with Crippen molar-refractivity contribution in [2.75, 3.05) is 5.73 Å². The number of hydrogen-bond acceptors (Lipinski definition) is 8. The highest BCUT2D eigenvalue weighted by molar-refractivity contribution is 5.99. The number of pyridine rings is 1. The van der Waals surface area contributed by atoms with Gasteiger partial charge in [-0.15, -0.1) is 0 Å². The summed E-state index contributed by atoms with van der Waals surface area (Å²) in [4.78, 5) is 34.4. The van der Waals surface area contributed by atoms with Gasteiger partial charge in [0.2, 0.25) is 5.89 Å². The fraction of sp³-hybridized carbons (Fsp3) is 0.130. The molecule has 4 heterocycles. The Kier molecular flexibility index (Phi) is 5.09. The number of halogens is 1. The van der Waals surface area contributed by atoms with Crippen LogP contribution in [0.3, 0.4) is 0 Å². The summed E-state index contributed by atoms with van der Waals surface area (Å²) >= 11 is 0. The maximum atomic E-state index is 13.9. The van der Waals surface area contributed by atoms with Gasteiger partial charge in [-0.05, 0) is 30.7 Å². The average Bonchev–Trinajstić information content (AvgIpc) is 3.48. The van der Waals surface area contributed by atoms with Crippen molar-refractivity contribution in [3.8, 4) is 22.8 Å². The maximum Gasteiger partial charge on any atom is 0.247 e. The third kappa shape index (κ3) is 3.82. The fourth-order valence-electron chi connectivity index (χ4n) is 3.57. The molecule has 0 amide bonds. The molecule has 10 heteroatoms. The van der Waals surface area contributed by atoms with E-state index in [0.29, 0.717) is 17.0 Å². The Morgan fingerprint density at radius 1 is 1.12 bits per heavy atom. The lowest BCUT2D eigenvalue weighted by Gasteiger charge is -2.11. The number of imidazole rings is 1. The first-order valence-electron chi connectivity index (χ1n) is 10.1. The molecule has 0 spiro atoms. The zero-order chi connectivity index (χ0) is 22.9. The van der Waals surface area contributed by atoms with Crippen molar-refractivity contribution in [1.82, 2.24) is 29.5 Å². The van der Waals surface area contributed by atoms with E-state index in [1.807, 2.05) is 29.8 Å². The smallest absolute Gasteiger partial charge is 0.247 e. The summed E-state index contributed by atoms with van der Waals surface area (Å²) in [6, 6.07) is 8.38. The molecule has 0 atom stereocenters. The lowest BCUT2D eigenvalue weighted by molar-refractivity contribution is 0.0978. The van der Waals surface area contributed by atoms with Crippen molar-refractivity contribution in [2.24, 2.45) is 7.05 Å². The predicted molar refractivity (Wildman–Crippen MR) is 118 cm³/mol. The Morgan fingerprint density at radius 3 is 2.79 bits per heavy atom. The van der Waals surface area contributed by atoms with Crippen molar-refractivity contribution in [1.29, 1.82) is 0 Å². The Morgan fingerprint density at radius 2 is 2.00 bits per heavy atom. The molecule has 0 aliphatic heterocycles. The largest absolute Gasteiger partial charge is 0.443 e. The highest BCUT2D eigenvalue weighted by atomic mass is 19.1. The van der Waals surface area contributed by atoms with Crippen LogP contribution in [-0.2, 0) is 13.5 Å². The number of oxazole rings is 1. The Balaban J connectivity index is 1.57. The number of aryl methyl sites for hydroxylation is 2. The van der Waals surface area contributed by atoms with E-state index < -0.39 is 5.82 Å². The molecule has 0 saturated carbocycles. The summed E-state index contributed by atoms with van der Waals surface area (Å²) < 4.78 is 21.2. The second kappa shape index (κ2) is 8.23. The molecule has 4 aromatic heterocycles. The predicted octanol–water partition coefficient (Wildman–Crippen LogP) is 3.62. The van der Waals surface area contributed by atoms with Crippen LogP contribution in [0.1, 0.15) is 22.6 Å². The van der Waals surface area contributed by atoms with Crippen molar-refractivity contribution in [2.45, 2.75) is 12.8 Å². The number of aromatic nitrogens is 6. The molecule has 33 heavy (non-hydrogen) atoms. The van der Waals surface area contributed by atoms with E-state index in [2.05, 4.69) is 24.9 Å². The van der Waals surface area contributed by atoms with Crippen molar-refractivity contribution < 1.29 is 13.6 Å². The lowest BCUT2D eigenvalue weighted by Crippen LogP contribution is -2.12. The van der Waals surface area contributed by atoms with E-state index in [0.717, 1.165) is 11.0 Å². The molecule has 5 rings (SSSR count). The quantitative estimate of drug-likeness (QED) is 0.395. The number of Topliss-reactive ketones (excluding diaryl/α,β-unsaturated/α-hetero) is 1. The Hall–Kier alpha value is -4.47. The number of anilines is 1. The van der Waals surface area contributed by atoms with E-state index in [4.69, 9.17) is 10.2 Å². The molecule has 0 aliphatic rings. The average molecular weight is 443 g/mol. The summed E-state index contributed by atoms with van der Waals surface area (Å²) in [5, 5.41) is 0. The first kappa shape index (κ1) is 20.4. The second-order valence-electron chi connectivity index (χ2n) is 7.41. The molecule has 0 unspecified atom stereocenters. The minimum atomic E-state index is -0.464. The summed E-state index contributed by atoms with van der Waals surface area (Å²) in [5.74, 6) is -0.662. The van der Waals surface area contributed by atoms with Crippen LogP contribution in [0.5, 0.6) is 0 Å². The summed E-state index contributed by atoms with van der Waals surface area (Å²) in [6.45, 7) is 0. The number of fused-ring (bicyclic) bond motifs is 1. The minimum Gasteiger partial charge on any atom is -0.443 e. The highest BCUT2D eigenvalue weighted by Crippen LogP contribution is 2.32. The third-order valence-corrected chi connectivity index (χ3v) is 5.24. The monoisotopic (exact) mass is 443 g/mol. The first-order chi connectivity index (χ1) is 16.0. The molecule has 1 aromatic carbocycles. The van der Waals surface area contributed by atoms with Crippen molar-refractivity contribution in [3.05, 3.63) is 72.5 Å². The van der Waals surface area contributed by atoms with Gasteiger partial charge in [0.25, 0.3) is 0 Å². The normalized spacial score (nSPS) is 11.2. The van der Waals surface area contributed by atoms with Crippen LogP contribution >= 0.6 is 0 Å². The van der Waals surface area contributed by atoms with Gasteiger partial charge in [-0.1, -0.05) is 6.07 Å². The molecule has 0 fully saturated rings. The molecule has 164 valence electrons. The zero-order valence-corrected chi connectivity index (χ0v) is 17.6. The Labute approximate surface area is 187 Å². The van der Waals surface area contributed by atoms with Crippen LogP contribution in [0.15, 0.2) is 59.7 Å². The number of carbonyl (C=O) groups excluding carboxylic acids is 1. The number of nitrogen functional groups attached to an aromatic ring is 1. The van der Waals surface area contributed by atoms with Crippen LogP contribution in [0.2, 0.25) is 0 Å². The standard InChI is InChI=1S/C23H18FN7O2/c1-31-12-28-16-5-4-13(11-17(16)31)19-21(23-27-9-10-33-23)30-22(25)20(29-19)18(32)7-6-15-14(24)3-2-8-26-15/h2-5,8-12H,6-7H2,1H3,(H2,25,30). The van der Waals surface area contributed by atoms with Crippen molar-refractivity contribution in [3.63, 3.8) is 0 Å². The molecule has 2 N–H and O–H groups in total. The number of ketones is 1. The minimum absolute atomic E-state index is 0.00162. The third-order valence-electron chi connectivity index (χ3n) is 5.24. The molecule has 0 radical (unpaired) electrons. The number of carbonyl (C=O) groups is 1. The summed E-state index contributed by atoms with van der Waals surface area (Å²) in [7, 11) is 1.88. The molecule has 5 aromatic rings. The maximum absolute atomic E-state index is 13.9. The van der Waals surface area contributed by atoms with Gasteiger partial charge >= 0.3 is 0 Å². The van der Waals surface area contributed by atoms with E-state index in [-0.39, 0.29) is 41.7 Å². The van der Waals surface area contributed by atoms with Gasteiger partial charge in [0.15, 0.2) is 17.3 Å². The van der Waals surface area contributed by atoms with Crippen molar-refractivity contribution >= 4 is 22.6 Å².